The van der Waals surface area contributed by atoms with Crippen molar-refractivity contribution < 1.29 is 0 Å². The Morgan fingerprint density at radius 3 is 2.89 bits per heavy atom. The third-order valence-electron chi connectivity index (χ3n) is 3.23. The fourth-order valence-corrected chi connectivity index (χ4v) is 2.04. The van der Waals surface area contributed by atoms with Gasteiger partial charge in [0.05, 0.1) is 5.69 Å². The van der Waals surface area contributed by atoms with Crippen LogP contribution in [0.2, 0.25) is 0 Å². The van der Waals surface area contributed by atoms with Crippen molar-refractivity contribution in [1.82, 2.24) is 14.5 Å². The first-order valence-corrected chi connectivity index (χ1v) is 6.88. The SMILES string of the molecule is CCCCn1cc(C)nc1NCc1cnccc1C. The van der Waals surface area contributed by atoms with E-state index in [1.54, 1.807) is 0 Å². The highest BCUT2D eigenvalue weighted by Crippen LogP contribution is 2.13. The Balaban J connectivity index is 2.05. The van der Waals surface area contributed by atoms with Crippen LogP contribution in [0.4, 0.5) is 5.95 Å². The molecule has 2 aromatic rings. The van der Waals surface area contributed by atoms with E-state index in [9.17, 15) is 0 Å². The van der Waals surface area contributed by atoms with Gasteiger partial charge in [-0.25, -0.2) is 4.98 Å². The van der Waals surface area contributed by atoms with Gasteiger partial charge in [0, 0.05) is 31.7 Å². The van der Waals surface area contributed by atoms with Gasteiger partial charge in [0.15, 0.2) is 0 Å². The Bertz CT molecular complexity index is 531. The van der Waals surface area contributed by atoms with E-state index >= 15 is 0 Å². The minimum Gasteiger partial charge on any atom is -0.352 e. The summed E-state index contributed by atoms with van der Waals surface area (Å²) in [5.41, 5.74) is 3.53. The van der Waals surface area contributed by atoms with Crippen molar-refractivity contribution in [3.8, 4) is 0 Å². The van der Waals surface area contributed by atoms with Crippen molar-refractivity contribution in [2.75, 3.05) is 5.32 Å². The second kappa shape index (κ2) is 6.36. The summed E-state index contributed by atoms with van der Waals surface area (Å²) in [5, 5.41) is 3.41. The number of nitrogens with one attached hydrogen (secondary N) is 1. The standard InChI is InChI=1S/C15H22N4/c1-4-5-8-19-11-13(3)18-15(19)17-10-14-9-16-7-6-12(14)2/h6-7,9,11H,4-5,8,10H2,1-3H3,(H,17,18). The molecule has 0 saturated carbocycles. The zero-order valence-electron chi connectivity index (χ0n) is 12.0. The van der Waals surface area contributed by atoms with Gasteiger partial charge in [-0.15, -0.1) is 0 Å². The highest BCUT2D eigenvalue weighted by Gasteiger charge is 2.05. The third-order valence-corrected chi connectivity index (χ3v) is 3.23. The quantitative estimate of drug-likeness (QED) is 0.864. The van der Waals surface area contributed by atoms with Crippen LogP contribution in [0.1, 0.15) is 36.6 Å². The average molecular weight is 258 g/mol. The monoisotopic (exact) mass is 258 g/mol. The molecule has 0 aliphatic heterocycles. The van der Waals surface area contributed by atoms with Crippen molar-refractivity contribution in [3.05, 3.63) is 41.5 Å². The molecule has 2 aromatic heterocycles. The van der Waals surface area contributed by atoms with Crippen LogP contribution in [-0.2, 0) is 13.1 Å². The van der Waals surface area contributed by atoms with E-state index in [0.717, 1.165) is 24.7 Å². The van der Waals surface area contributed by atoms with Gasteiger partial charge in [-0.2, -0.15) is 0 Å². The van der Waals surface area contributed by atoms with Crippen molar-refractivity contribution in [2.45, 2.75) is 46.7 Å². The topological polar surface area (TPSA) is 42.7 Å². The van der Waals surface area contributed by atoms with E-state index in [2.05, 4.69) is 39.9 Å². The fraction of sp³-hybridized carbons (Fsp3) is 0.467. The molecule has 2 heterocycles. The molecule has 102 valence electrons. The number of nitrogens with zero attached hydrogens (tertiary/aromatic N) is 3. The lowest BCUT2D eigenvalue weighted by Crippen LogP contribution is -2.08. The Hall–Kier alpha value is -1.84. The average Bonchev–Trinajstić information content (AvgIpc) is 2.76. The molecule has 4 nitrogen and oxygen atoms in total. The predicted molar refractivity (Wildman–Crippen MR) is 78.2 cm³/mol. The maximum atomic E-state index is 4.54. The first kappa shape index (κ1) is 13.6. The number of hydrogen-bond donors (Lipinski definition) is 1. The van der Waals surface area contributed by atoms with Gasteiger partial charge >= 0.3 is 0 Å². The molecule has 0 atom stereocenters. The number of rotatable bonds is 6. The van der Waals surface area contributed by atoms with Crippen LogP contribution in [0.5, 0.6) is 0 Å². The lowest BCUT2D eigenvalue weighted by molar-refractivity contribution is 0.634. The van der Waals surface area contributed by atoms with E-state index in [-0.39, 0.29) is 0 Å². The van der Waals surface area contributed by atoms with Crippen LogP contribution < -0.4 is 5.32 Å². The normalized spacial score (nSPS) is 10.7. The highest BCUT2D eigenvalue weighted by atomic mass is 15.2. The summed E-state index contributed by atoms with van der Waals surface area (Å²) in [6.45, 7) is 8.13. The molecule has 4 heteroatoms. The minimum absolute atomic E-state index is 0.766. The van der Waals surface area contributed by atoms with E-state index in [4.69, 9.17) is 0 Å². The zero-order valence-corrected chi connectivity index (χ0v) is 12.0. The van der Waals surface area contributed by atoms with Crippen molar-refractivity contribution in [1.29, 1.82) is 0 Å². The summed E-state index contributed by atoms with van der Waals surface area (Å²) >= 11 is 0. The Labute approximate surface area is 114 Å². The highest BCUT2D eigenvalue weighted by molar-refractivity contribution is 5.32. The third kappa shape index (κ3) is 3.56. The smallest absolute Gasteiger partial charge is 0.203 e. The molecule has 1 N–H and O–H groups in total. The van der Waals surface area contributed by atoms with E-state index in [0.29, 0.717) is 0 Å². The molecule has 0 amide bonds. The lowest BCUT2D eigenvalue weighted by atomic mass is 10.2. The predicted octanol–water partition coefficient (Wildman–Crippen LogP) is 3.31. The van der Waals surface area contributed by atoms with Gasteiger partial charge in [-0.1, -0.05) is 13.3 Å². The molecule has 19 heavy (non-hydrogen) atoms. The van der Waals surface area contributed by atoms with Gasteiger partial charge < -0.3 is 9.88 Å². The van der Waals surface area contributed by atoms with Gasteiger partial charge in [-0.3, -0.25) is 4.98 Å². The summed E-state index contributed by atoms with van der Waals surface area (Å²) < 4.78 is 2.20. The van der Waals surface area contributed by atoms with E-state index in [1.165, 1.54) is 24.0 Å². The summed E-state index contributed by atoms with van der Waals surface area (Å²) in [4.78, 5) is 8.71. The van der Waals surface area contributed by atoms with E-state index < -0.39 is 0 Å². The number of hydrogen-bond acceptors (Lipinski definition) is 3. The first-order valence-electron chi connectivity index (χ1n) is 6.88. The molecule has 0 fully saturated rings. The largest absolute Gasteiger partial charge is 0.352 e. The van der Waals surface area contributed by atoms with Crippen LogP contribution in [0, 0.1) is 13.8 Å². The minimum atomic E-state index is 0.766. The van der Waals surface area contributed by atoms with Crippen LogP contribution in [0.3, 0.4) is 0 Å². The molecule has 0 aliphatic carbocycles. The van der Waals surface area contributed by atoms with Gasteiger partial charge in [0.25, 0.3) is 0 Å². The molecule has 0 radical (unpaired) electrons. The molecule has 0 aliphatic rings. The first-order chi connectivity index (χ1) is 9.20. The Kier molecular flexibility index (Phi) is 4.55. The van der Waals surface area contributed by atoms with Gasteiger partial charge in [0.2, 0.25) is 5.95 Å². The Morgan fingerprint density at radius 2 is 2.16 bits per heavy atom. The van der Waals surface area contributed by atoms with Crippen molar-refractivity contribution in [2.24, 2.45) is 0 Å². The van der Waals surface area contributed by atoms with Crippen molar-refractivity contribution in [3.63, 3.8) is 0 Å². The molecule has 2 rings (SSSR count). The maximum Gasteiger partial charge on any atom is 0.203 e. The van der Waals surface area contributed by atoms with Crippen molar-refractivity contribution >= 4 is 5.95 Å². The van der Waals surface area contributed by atoms with E-state index in [1.807, 2.05) is 25.4 Å². The van der Waals surface area contributed by atoms with Gasteiger partial charge in [-0.05, 0) is 37.5 Å². The molecule has 0 unspecified atom stereocenters. The van der Waals surface area contributed by atoms with Crippen LogP contribution in [0.25, 0.3) is 0 Å². The molecular formula is C15H22N4. The molecule has 0 spiro atoms. The van der Waals surface area contributed by atoms with Crippen LogP contribution >= 0.6 is 0 Å². The summed E-state index contributed by atoms with van der Waals surface area (Å²) in [6, 6.07) is 2.03. The lowest BCUT2D eigenvalue weighted by Gasteiger charge is -2.10. The molecule has 0 saturated heterocycles. The second-order valence-corrected chi connectivity index (χ2v) is 4.91. The maximum absolute atomic E-state index is 4.54. The zero-order chi connectivity index (χ0) is 13.7. The molecule has 0 bridgehead atoms. The Morgan fingerprint density at radius 1 is 1.32 bits per heavy atom. The number of imidazole rings is 1. The molecular weight excluding hydrogens is 236 g/mol. The number of anilines is 1. The number of aromatic nitrogens is 3. The summed E-state index contributed by atoms with van der Waals surface area (Å²) in [6.07, 6.45) is 8.21. The number of unbranched alkanes of at least 4 members (excludes halogenated alkanes) is 1. The second-order valence-electron chi connectivity index (χ2n) is 4.91. The summed E-state index contributed by atoms with van der Waals surface area (Å²) in [5.74, 6) is 0.953. The van der Waals surface area contributed by atoms with Crippen LogP contribution in [0.15, 0.2) is 24.7 Å². The molecule has 0 aromatic carbocycles. The fourth-order valence-electron chi connectivity index (χ4n) is 2.04. The number of pyridine rings is 1. The van der Waals surface area contributed by atoms with Crippen LogP contribution in [-0.4, -0.2) is 14.5 Å². The van der Waals surface area contributed by atoms with Gasteiger partial charge in [0.1, 0.15) is 0 Å². The summed E-state index contributed by atoms with van der Waals surface area (Å²) in [7, 11) is 0. The number of aryl methyl sites for hydroxylation is 3.